The predicted molar refractivity (Wildman–Crippen MR) is 126 cm³/mol. The van der Waals surface area contributed by atoms with E-state index in [1.165, 1.54) is 35.2 Å². The topological polar surface area (TPSA) is 92.3 Å². The molecule has 1 amide bonds. The molecule has 1 N–H and O–H groups in total. The van der Waals surface area contributed by atoms with Gasteiger partial charge in [-0.1, -0.05) is 59.5 Å². The number of nitrogens with zero attached hydrogens (tertiary/aromatic N) is 3. The van der Waals surface area contributed by atoms with Crippen LogP contribution >= 0.6 is 23.1 Å². The molecule has 0 spiro atoms. The zero-order valence-electron chi connectivity index (χ0n) is 17.1. The molecule has 162 valence electrons. The van der Waals surface area contributed by atoms with Crippen LogP contribution in [0.2, 0.25) is 0 Å². The molecule has 7 nitrogen and oxygen atoms in total. The van der Waals surface area contributed by atoms with Gasteiger partial charge in [-0.15, -0.1) is 16.8 Å². The van der Waals surface area contributed by atoms with Crippen LogP contribution in [0.25, 0.3) is 0 Å². The van der Waals surface area contributed by atoms with Gasteiger partial charge in [-0.25, -0.2) is 8.42 Å². The van der Waals surface area contributed by atoms with E-state index in [-0.39, 0.29) is 4.90 Å². The van der Waals surface area contributed by atoms with E-state index >= 15 is 0 Å². The van der Waals surface area contributed by atoms with Crippen LogP contribution in [0.4, 0.5) is 10.8 Å². The van der Waals surface area contributed by atoms with Crippen molar-refractivity contribution in [3.05, 3.63) is 72.3 Å². The average Bonchev–Trinajstić information content (AvgIpc) is 3.20. The quantitative estimate of drug-likeness (QED) is 0.283. The zero-order valence-corrected chi connectivity index (χ0v) is 19.6. The number of amides is 1. The van der Waals surface area contributed by atoms with E-state index < -0.39 is 22.5 Å². The van der Waals surface area contributed by atoms with Gasteiger partial charge in [-0.05, 0) is 43.2 Å². The molecule has 1 aromatic heterocycles. The van der Waals surface area contributed by atoms with Gasteiger partial charge in [0.1, 0.15) is 6.54 Å². The van der Waals surface area contributed by atoms with Crippen molar-refractivity contribution in [3.63, 3.8) is 0 Å². The lowest BCUT2D eigenvalue weighted by atomic mass is 10.1. The highest BCUT2D eigenvalue weighted by Gasteiger charge is 2.28. The fourth-order valence-electron chi connectivity index (χ4n) is 2.75. The molecular weight excluding hydrogens is 452 g/mol. The third kappa shape index (κ3) is 5.72. The van der Waals surface area contributed by atoms with E-state index in [4.69, 9.17) is 0 Å². The van der Waals surface area contributed by atoms with Crippen molar-refractivity contribution in [2.45, 2.75) is 23.1 Å². The molecule has 0 aliphatic carbocycles. The van der Waals surface area contributed by atoms with Crippen molar-refractivity contribution < 1.29 is 13.2 Å². The summed E-state index contributed by atoms with van der Waals surface area (Å²) >= 11 is 2.68. The molecule has 10 heteroatoms. The molecule has 0 aliphatic rings. The summed E-state index contributed by atoms with van der Waals surface area (Å²) in [6.07, 6.45) is 1.75. The highest BCUT2D eigenvalue weighted by atomic mass is 32.2. The van der Waals surface area contributed by atoms with Crippen molar-refractivity contribution >= 4 is 49.8 Å². The number of hydrogen-bond acceptors (Lipinski definition) is 7. The lowest BCUT2D eigenvalue weighted by molar-refractivity contribution is -0.114. The summed E-state index contributed by atoms with van der Waals surface area (Å²) < 4.78 is 28.7. The minimum absolute atomic E-state index is 0.114. The Morgan fingerprint density at radius 2 is 1.94 bits per heavy atom. The van der Waals surface area contributed by atoms with Crippen molar-refractivity contribution in [3.8, 4) is 0 Å². The monoisotopic (exact) mass is 474 g/mol. The lowest BCUT2D eigenvalue weighted by Gasteiger charge is -2.25. The number of nitrogens with one attached hydrogen (secondary N) is 1. The van der Waals surface area contributed by atoms with Gasteiger partial charge in [0.05, 0.1) is 10.6 Å². The van der Waals surface area contributed by atoms with Crippen LogP contribution in [0.15, 0.2) is 70.4 Å². The molecule has 0 saturated heterocycles. The maximum absolute atomic E-state index is 13.4. The summed E-state index contributed by atoms with van der Waals surface area (Å²) in [5.41, 5.74) is 2.10. The number of sulfonamides is 1. The first kappa shape index (κ1) is 23.0. The summed E-state index contributed by atoms with van der Waals surface area (Å²) in [5, 5.41) is 10.9. The molecule has 3 aromatic rings. The Labute approximate surface area is 190 Å². The normalized spacial score (nSPS) is 11.2. The molecule has 0 unspecified atom stereocenters. The highest BCUT2D eigenvalue weighted by molar-refractivity contribution is 8.01. The third-order valence-corrected chi connectivity index (χ3v) is 7.97. The molecule has 0 saturated carbocycles. The average molecular weight is 475 g/mol. The van der Waals surface area contributed by atoms with Gasteiger partial charge in [0.2, 0.25) is 11.0 Å². The second-order valence-corrected chi connectivity index (χ2v) is 10.7. The SMILES string of the molecule is C=CCSc1nnc(NC(=O)CN(c2cc(C)ccc2C)S(=O)(=O)c2ccccc2)s1. The van der Waals surface area contributed by atoms with Crippen LogP contribution in [0.1, 0.15) is 11.1 Å². The van der Waals surface area contributed by atoms with E-state index in [9.17, 15) is 13.2 Å². The van der Waals surface area contributed by atoms with Gasteiger partial charge < -0.3 is 0 Å². The number of thioether (sulfide) groups is 1. The number of hydrogen-bond donors (Lipinski definition) is 1. The number of aromatic nitrogens is 2. The fourth-order valence-corrected chi connectivity index (χ4v) is 5.77. The third-order valence-electron chi connectivity index (χ3n) is 4.23. The largest absolute Gasteiger partial charge is 0.299 e. The Morgan fingerprint density at radius 1 is 1.19 bits per heavy atom. The number of carbonyl (C=O) groups is 1. The molecule has 0 fully saturated rings. The molecule has 2 aromatic carbocycles. The second kappa shape index (κ2) is 10.1. The molecular formula is C21H22N4O3S3. The fraction of sp³-hybridized carbons (Fsp3) is 0.190. The van der Waals surface area contributed by atoms with Crippen LogP contribution in [0.3, 0.4) is 0 Å². The molecule has 0 atom stereocenters. The number of benzene rings is 2. The summed E-state index contributed by atoms with van der Waals surface area (Å²) in [6, 6.07) is 13.6. The van der Waals surface area contributed by atoms with Crippen molar-refractivity contribution in [2.75, 3.05) is 21.9 Å². The van der Waals surface area contributed by atoms with Gasteiger partial charge in [0.15, 0.2) is 4.34 Å². The maximum Gasteiger partial charge on any atom is 0.264 e. The van der Waals surface area contributed by atoms with Crippen LogP contribution in [0, 0.1) is 13.8 Å². The molecule has 31 heavy (non-hydrogen) atoms. The smallest absolute Gasteiger partial charge is 0.264 e. The number of rotatable bonds is 9. The van der Waals surface area contributed by atoms with E-state index in [0.717, 1.165) is 15.4 Å². The highest BCUT2D eigenvalue weighted by Crippen LogP contribution is 2.29. The van der Waals surface area contributed by atoms with E-state index in [2.05, 4.69) is 22.1 Å². The molecule has 0 bridgehead atoms. The molecule has 3 rings (SSSR count). The van der Waals surface area contributed by atoms with Gasteiger partial charge in [0, 0.05) is 5.75 Å². The van der Waals surface area contributed by atoms with Crippen LogP contribution < -0.4 is 9.62 Å². The van der Waals surface area contributed by atoms with Crippen LogP contribution in [-0.4, -0.2) is 36.8 Å². The Bertz CT molecular complexity index is 1180. The van der Waals surface area contributed by atoms with E-state index in [1.807, 2.05) is 26.0 Å². The molecule has 0 radical (unpaired) electrons. The van der Waals surface area contributed by atoms with Crippen LogP contribution in [-0.2, 0) is 14.8 Å². The minimum atomic E-state index is -3.96. The van der Waals surface area contributed by atoms with Crippen molar-refractivity contribution in [1.82, 2.24) is 10.2 Å². The first-order chi connectivity index (χ1) is 14.8. The predicted octanol–water partition coefficient (Wildman–Crippen LogP) is 4.27. The first-order valence-electron chi connectivity index (χ1n) is 9.33. The number of anilines is 2. The van der Waals surface area contributed by atoms with E-state index in [1.54, 1.807) is 30.3 Å². The molecule has 1 heterocycles. The van der Waals surface area contributed by atoms with Gasteiger partial charge in [-0.3, -0.25) is 14.4 Å². The van der Waals surface area contributed by atoms with Crippen LogP contribution in [0.5, 0.6) is 0 Å². The Kier molecular flexibility index (Phi) is 7.47. The summed E-state index contributed by atoms with van der Waals surface area (Å²) in [4.78, 5) is 12.9. The summed E-state index contributed by atoms with van der Waals surface area (Å²) in [7, 11) is -3.96. The minimum Gasteiger partial charge on any atom is -0.299 e. The number of carbonyl (C=O) groups excluding carboxylic acids is 1. The maximum atomic E-state index is 13.4. The van der Waals surface area contributed by atoms with Gasteiger partial charge in [-0.2, -0.15) is 0 Å². The lowest BCUT2D eigenvalue weighted by Crippen LogP contribution is -2.38. The van der Waals surface area contributed by atoms with Crippen molar-refractivity contribution in [2.24, 2.45) is 0 Å². The summed E-state index contributed by atoms with van der Waals surface area (Å²) in [6.45, 7) is 6.95. The number of aryl methyl sites for hydroxylation is 2. The second-order valence-electron chi connectivity index (χ2n) is 6.64. The Morgan fingerprint density at radius 3 is 2.65 bits per heavy atom. The Hall–Kier alpha value is -2.69. The zero-order chi connectivity index (χ0) is 22.4. The molecule has 0 aliphatic heterocycles. The van der Waals surface area contributed by atoms with Gasteiger partial charge in [0.25, 0.3) is 10.0 Å². The van der Waals surface area contributed by atoms with Gasteiger partial charge >= 0.3 is 0 Å². The van der Waals surface area contributed by atoms with E-state index in [0.29, 0.717) is 20.9 Å². The first-order valence-corrected chi connectivity index (χ1v) is 12.6. The standard InChI is InChI=1S/C21H22N4O3S3/c1-4-12-29-21-24-23-20(30-21)22-19(26)14-25(18-13-15(2)10-11-16(18)3)31(27,28)17-8-6-5-7-9-17/h4-11,13H,1,12,14H2,2-3H3,(H,22,23,26). The Balaban J connectivity index is 1.90. The van der Waals surface area contributed by atoms with Crippen molar-refractivity contribution in [1.29, 1.82) is 0 Å². The summed E-state index contributed by atoms with van der Waals surface area (Å²) in [5.74, 6) is 0.176.